The van der Waals surface area contributed by atoms with Crippen LogP contribution in [-0.2, 0) is 0 Å². The number of aliphatic hydroxyl groups is 1. The van der Waals surface area contributed by atoms with E-state index in [0.717, 1.165) is 37.4 Å². The van der Waals surface area contributed by atoms with Crippen LogP contribution < -0.4 is 15.5 Å². The van der Waals surface area contributed by atoms with E-state index in [1.54, 1.807) is 60.5 Å². The van der Waals surface area contributed by atoms with Gasteiger partial charge in [-0.1, -0.05) is 34.3 Å². The molecule has 0 bridgehead atoms. The molecule has 15 heteroatoms. The Morgan fingerprint density at radius 2 is 1.52 bits per heavy atom. The Hall–Kier alpha value is -4.63. The number of aromatic nitrogens is 8. The van der Waals surface area contributed by atoms with Gasteiger partial charge in [0.25, 0.3) is 0 Å². The van der Waals surface area contributed by atoms with Crippen LogP contribution in [0.1, 0.15) is 17.8 Å². The smallest absolute Gasteiger partial charge is 0.194 e. The molecule has 0 aliphatic rings. The molecule has 0 fully saturated rings. The Labute approximate surface area is 266 Å². The number of anilines is 5. The van der Waals surface area contributed by atoms with Crippen LogP contribution in [0, 0.1) is 13.8 Å². The van der Waals surface area contributed by atoms with Crippen LogP contribution in [0.5, 0.6) is 0 Å². The fourth-order valence-electron chi connectivity index (χ4n) is 4.41. The third-order valence-corrected chi connectivity index (χ3v) is 8.93. The molecule has 0 radical (unpaired) electrons. The Bertz CT molecular complexity index is 1850. The molecule has 0 aliphatic heterocycles. The molecular formula is C29H26ClN11OS2. The van der Waals surface area contributed by atoms with E-state index in [4.69, 9.17) is 16.6 Å². The van der Waals surface area contributed by atoms with Crippen LogP contribution in [0.3, 0.4) is 0 Å². The Morgan fingerprint density at radius 3 is 2.27 bits per heavy atom. The summed E-state index contributed by atoms with van der Waals surface area (Å²) >= 11 is 9.10. The van der Waals surface area contributed by atoms with Gasteiger partial charge < -0.3 is 15.7 Å². The summed E-state index contributed by atoms with van der Waals surface area (Å²) in [5.74, 6) is 1.79. The molecule has 0 aliphatic carbocycles. The molecule has 1 unspecified atom stereocenters. The molecule has 3 N–H and O–H groups in total. The minimum atomic E-state index is -0.944. The van der Waals surface area contributed by atoms with Crippen LogP contribution in [0.25, 0.3) is 20.9 Å². The van der Waals surface area contributed by atoms with Gasteiger partial charge in [0.1, 0.15) is 17.2 Å². The van der Waals surface area contributed by atoms with Gasteiger partial charge in [0, 0.05) is 50.1 Å². The van der Waals surface area contributed by atoms with Gasteiger partial charge in [-0.3, -0.25) is 14.9 Å². The van der Waals surface area contributed by atoms with Crippen LogP contribution in [0.15, 0.2) is 73.8 Å². The topological polar surface area (TPSA) is 151 Å². The summed E-state index contributed by atoms with van der Waals surface area (Å²) in [5.41, 5.74) is 3.58. The monoisotopic (exact) mass is 643 g/mol. The van der Waals surface area contributed by atoms with Gasteiger partial charge in [0.2, 0.25) is 0 Å². The predicted molar refractivity (Wildman–Crippen MR) is 174 cm³/mol. The first-order valence-corrected chi connectivity index (χ1v) is 15.5. The molecule has 6 heterocycles. The van der Waals surface area contributed by atoms with E-state index in [1.807, 2.05) is 32.0 Å². The molecule has 6 rings (SSSR count). The second kappa shape index (κ2) is 13.3. The first-order valence-electron chi connectivity index (χ1n) is 13.5. The van der Waals surface area contributed by atoms with Crippen molar-refractivity contribution in [1.29, 1.82) is 0 Å². The minimum absolute atomic E-state index is 0.350. The maximum atomic E-state index is 11.4. The zero-order valence-electron chi connectivity index (χ0n) is 23.6. The van der Waals surface area contributed by atoms with Crippen LogP contribution >= 0.6 is 34.3 Å². The number of hydrogen-bond acceptors (Lipinski definition) is 14. The van der Waals surface area contributed by atoms with Crippen molar-refractivity contribution in [2.45, 2.75) is 26.5 Å². The summed E-state index contributed by atoms with van der Waals surface area (Å²) in [6, 6.07) is 7.59. The number of halogens is 1. The summed E-state index contributed by atoms with van der Waals surface area (Å²) in [5, 5.41) is 19.7. The first kappa shape index (κ1) is 29.4. The molecule has 0 saturated heterocycles. The lowest BCUT2D eigenvalue weighted by Gasteiger charge is -2.26. The fraction of sp³-hybridized carbons (Fsp3) is 0.172. The number of aliphatic hydroxyl groups excluding tert-OH is 1. The lowest BCUT2D eigenvalue weighted by molar-refractivity contribution is 0.174. The van der Waals surface area contributed by atoms with Gasteiger partial charge in [-0.25, -0.2) is 29.9 Å². The summed E-state index contributed by atoms with van der Waals surface area (Å²) in [7, 11) is 0. The maximum absolute atomic E-state index is 11.4. The van der Waals surface area contributed by atoms with Crippen molar-refractivity contribution in [2.24, 2.45) is 0 Å². The average molecular weight is 644 g/mol. The standard InChI is InChI=1S/C29H26ClN11OS2/c1-17-26(43-28(38-17)40-23-15-31-9-11-36-23)20-4-7-34-22(14-20)35-8-5-25(42)41(24-16-32-10-12-37-24)29-39-18(2)27(44-29)19-3-6-33-21(30)13-19/h3-4,6-7,9-16,25,42H,5,8H2,1-2H3,(H,34,35)(H,36,38,40). The SMILES string of the molecule is Cc1nc(Nc2cnccn2)sc1-c1ccnc(NCCC(O)N(c2cnccn2)c2nc(C)c(-c3ccnc(Cl)c3)s2)c1. The second-order valence-electron chi connectivity index (χ2n) is 9.49. The number of nitrogens with zero attached hydrogens (tertiary/aromatic N) is 9. The summed E-state index contributed by atoms with van der Waals surface area (Å²) < 4.78 is 0. The largest absolute Gasteiger partial charge is 0.373 e. The lowest BCUT2D eigenvalue weighted by atomic mass is 10.2. The third kappa shape index (κ3) is 6.78. The fourth-order valence-corrected chi connectivity index (χ4v) is 6.67. The van der Waals surface area contributed by atoms with E-state index >= 15 is 0 Å². The molecule has 222 valence electrons. The van der Waals surface area contributed by atoms with Gasteiger partial charge in [-0.2, -0.15) is 0 Å². The summed E-state index contributed by atoms with van der Waals surface area (Å²) in [6.07, 6.45) is 12.5. The van der Waals surface area contributed by atoms with E-state index in [1.165, 1.54) is 22.7 Å². The summed E-state index contributed by atoms with van der Waals surface area (Å²) in [6.45, 7) is 4.32. The number of pyridine rings is 2. The highest BCUT2D eigenvalue weighted by atomic mass is 35.5. The predicted octanol–water partition coefficient (Wildman–Crippen LogP) is 6.28. The van der Waals surface area contributed by atoms with Gasteiger partial charge in [-0.15, -0.1) is 0 Å². The van der Waals surface area contributed by atoms with E-state index in [0.29, 0.717) is 40.7 Å². The van der Waals surface area contributed by atoms with Crippen LogP contribution in [-0.4, -0.2) is 57.8 Å². The van der Waals surface area contributed by atoms with Crippen molar-refractivity contribution in [2.75, 3.05) is 22.1 Å². The molecule has 6 aromatic rings. The van der Waals surface area contributed by atoms with E-state index in [2.05, 4.69) is 45.5 Å². The van der Waals surface area contributed by atoms with E-state index in [9.17, 15) is 5.11 Å². The average Bonchev–Trinajstić information content (AvgIpc) is 3.60. The van der Waals surface area contributed by atoms with Crippen LogP contribution in [0.4, 0.5) is 27.7 Å². The molecule has 0 amide bonds. The van der Waals surface area contributed by atoms with E-state index < -0.39 is 6.23 Å². The zero-order chi connectivity index (χ0) is 30.5. The third-order valence-electron chi connectivity index (χ3n) is 6.40. The van der Waals surface area contributed by atoms with Crippen molar-refractivity contribution >= 4 is 62.0 Å². The number of nitrogens with one attached hydrogen (secondary N) is 2. The molecule has 0 aromatic carbocycles. The van der Waals surface area contributed by atoms with Gasteiger partial charge >= 0.3 is 0 Å². The van der Waals surface area contributed by atoms with Crippen molar-refractivity contribution in [3.63, 3.8) is 0 Å². The second-order valence-corrected chi connectivity index (χ2v) is 11.9. The summed E-state index contributed by atoms with van der Waals surface area (Å²) in [4.78, 5) is 38.6. The van der Waals surface area contributed by atoms with E-state index in [-0.39, 0.29) is 0 Å². The Morgan fingerprint density at radius 1 is 0.818 bits per heavy atom. The molecule has 6 aromatic heterocycles. The quantitative estimate of drug-likeness (QED) is 0.108. The molecular weight excluding hydrogens is 618 g/mol. The maximum Gasteiger partial charge on any atom is 0.194 e. The van der Waals surface area contributed by atoms with Gasteiger partial charge in [-0.05, 0) is 49.2 Å². The minimum Gasteiger partial charge on any atom is -0.373 e. The van der Waals surface area contributed by atoms with Crippen molar-refractivity contribution in [1.82, 2.24) is 39.9 Å². The Kier molecular flexibility index (Phi) is 8.93. The molecule has 44 heavy (non-hydrogen) atoms. The molecule has 0 spiro atoms. The number of rotatable bonds is 11. The van der Waals surface area contributed by atoms with Crippen molar-refractivity contribution in [3.05, 3.63) is 90.4 Å². The highest BCUT2D eigenvalue weighted by molar-refractivity contribution is 7.19. The van der Waals surface area contributed by atoms with Crippen molar-refractivity contribution < 1.29 is 5.11 Å². The first-order chi connectivity index (χ1) is 21.4. The number of hydrogen-bond donors (Lipinski definition) is 3. The Balaban J connectivity index is 1.16. The highest BCUT2D eigenvalue weighted by Gasteiger charge is 2.25. The lowest BCUT2D eigenvalue weighted by Crippen LogP contribution is -2.33. The van der Waals surface area contributed by atoms with Crippen LogP contribution in [0.2, 0.25) is 5.15 Å². The molecule has 12 nitrogen and oxygen atoms in total. The zero-order valence-corrected chi connectivity index (χ0v) is 26.0. The number of aryl methyl sites for hydroxylation is 2. The van der Waals surface area contributed by atoms with Gasteiger partial charge in [0.15, 0.2) is 21.9 Å². The van der Waals surface area contributed by atoms with Crippen molar-refractivity contribution in [3.8, 4) is 20.9 Å². The number of thiazole rings is 2. The van der Waals surface area contributed by atoms with Gasteiger partial charge in [0.05, 0.1) is 33.5 Å². The normalized spacial score (nSPS) is 11.7. The molecule has 0 saturated carbocycles. The molecule has 1 atom stereocenters. The highest BCUT2D eigenvalue weighted by Crippen LogP contribution is 2.38.